The van der Waals surface area contributed by atoms with Gasteiger partial charge in [0.15, 0.2) is 5.75 Å². The zero-order chi connectivity index (χ0) is 17.7. The Labute approximate surface area is 149 Å². The first kappa shape index (κ1) is 17.7. The van der Waals surface area contributed by atoms with Gasteiger partial charge in [0.1, 0.15) is 0 Å². The summed E-state index contributed by atoms with van der Waals surface area (Å²) in [5, 5.41) is 0. The summed E-state index contributed by atoms with van der Waals surface area (Å²) < 4.78 is 31.2. The Hall–Kier alpha value is -2.08. The van der Waals surface area contributed by atoms with Crippen molar-refractivity contribution in [2.24, 2.45) is 5.92 Å². The molecule has 2 aromatic rings. The number of pyridine rings is 1. The number of rotatable bonds is 6. The van der Waals surface area contributed by atoms with Crippen LogP contribution in [0.3, 0.4) is 0 Å². The number of hydrogen-bond donors (Lipinski definition) is 1. The second kappa shape index (κ2) is 7.87. The summed E-state index contributed by atoms with van der Waals surface area (Å²) in [5.74, 6) is 1.61. The first-order valence-electron chi connectivity index (χ1n) is 8.61. The fourth-order valence-electron chi connectivity index (χ4n) is 3.37. The molecular weight excluding hydrogens is 336 g/mol. The molecule has 1 aromatic heterocycles. The van der Waals surface area contributed by atoms with Crippen molar-refractivity contribution < 1.29 is 13.2 Å². The van der Waals surface area contributed by atoms with Crippen molar-refractivity contribution in [3.8, 4) is 5.75 Å². The van der Waals surface area contributed by atoms with Crippen molar-refractivity contribution in [3.63, 3.8) is 0 Å². The summed E-state index contributed by atoms with van der Waals surface area (Å²) in [5.41, 5.74) is 1.87. The van der Waals surface area contributed by atoms with E-state index >= 15 is 0 Å². The SMILES string of the molecule is CS(=O)(=O)Nc1ccncc1OCC1CCC(c2ccccc2)CC1. The Morgan fingerprint density at radius 2 is 1.84 bits per heavy atom. The van der Waals surface area contributed by atoms with Crippen LogP contribution in [-0.4, -0.2) is 26.3 Å². The molecule has 1 fully saturated rings. The summed E-state index contributed by atoms with van der Waals surface area (Å²) in [4.78, 5) is 4.03. The van der Waals surface area contributed by atoms with Crippen LogP contribution in [0.25, 0.3) is 0 Å². The van der Waals surface area contributed by atoms with Gasteiger partial charge in [-0.2, -0.15) is 0 Å². The molecule has 1 saturated carbocycles. The molecule has 0 aliphatic heterocycles. The molecule has 0 radical (unpaired) electrons. The smallest absolute Gasteiger partial charge is 0.229 e. The van der Waals surface area contributed by atoms with Crippen molar-refractivity contribution in [1.82, 2.24) is 4.98 Å². The van der Waals surface area contributed by atoms with Gasteiger partial charge in [0.2, 0.25) is 10.0 Å². The lowest BCUT2D eigenvalue weighted by Gasteiger charge is -2.28. The van der Waals surface area contributed by atoms with Crippen LogP contribution in [0.2, 0.25) is 0 Å². The molecule has 25 heavy (non-hydrogen) atoms. The fraction of sp³-hybridized carbons (Fsp3) is 0.421. The Morgan fingerprint density at radius 3 is 2.52 bits per heavy atom. The standard InChI is InChI=1S/C19H24N2O3S/c1-25(22,23)21-18-11-12-20-13-19(18)24-14-15-7-9-17(10-8-15)16-5-3-2-4-6-16/h2-6,11-13,15,17H,7-10,14H2,1H3,(H,20,21). The molecule has 0 spiro atoms. The van der Waals surface area contributed by atoms with E-state index in [-0.39, 0.29) is 0 Å². The van der Waals surface area contributed by atoms with Crippen LogP contribution in [0, 0.1) is 5.92 Å². The predicted octanol–water partition coefficient (Wildman–Crippen LogP) is 3.81. The molecule has 1 N–H and O–H groups in total. The van der Waals surface area contributed by atoms with Gasteiger partial charge in [0.05, 0.1) is 24.7 Å². The monoisotopic (exact) mass is 360 g/mol. The van der Waals surface area contributed by atoms with E-state index in [1.807, 2.05) is 0 Å². The molecule has 3 rings (SSSR count). The molecule has 1 aliphatic carbocycles. The zero-order valence-corrected chi connectivity index (χ0v) is 15.2. The van der Waals surface area contributed by atoms with Gasteiger partial charge in [0, 0.05) is 6.20 Å². The van der Waals surface area contributed by atoms with Crippen LogP contribution in [0.1, 0.15) is 37.2 Å². The number of sulfonamides is 1. The van der Waals surface area contributed by atoms with Crippen LogP contribution < -0.4 is 9.46 Å². The van der Waals surface area contributed by atoms with Crippen molar-refractivity contribution in [2.75, 3.05) is 17.6 Å². The molecule has 134 valence electrons. The van der Waals surface area contributed by atoms with Gasteiger partial charge >= 0.3 is 0 Å². The lowest BCUT2D eigenvalue weighted by molar-refractivity contribution is 0.200. The minimum Gasteiger partial charge on any atom is -0.489 e. The first-order valence-corrected chi connectivity index (χ1v) is 10.5. The second-order valence-corrected chi connectivity index (χ2v) is 8.43. The van der Waals surface area contributed by atoms with Crippen LogP contribution in [0.5, 0.6) is 5.75 Å². The number of aromatic nitrogens is 1. The molecule has 6 heteroatoms. The highest BCUT2D eigenvalue weighted by Crippen LogP contribution is 2.36. The predicted molar refractivity (Wildman–Crippen MR) is 99.3 cm³/mol. The minimum atomic E-state index is -3.34. The average Bonchev–Trinajstić information content (AvgIpc) is 2.61. The van der Waals surface area contributed by atoms with Gasteiger partial charge in [-0.05, 0) is 49.1 Å². The summed E-state index contributed by atoms with van der Waals surface area (Å²) in [6.07, 6.45) is 8.80. The van der Waals surface area contributed by atoms with E-state index in [1.54, 1.807) is 18.5 Å². The molecule has 0 unspecified atom stereocenters. The largest absolute Gasteiger partial charge is 0.489 e. The Bertz CT molecular complexity index is 785. The van der Waals surface area contributed by atoms with Gasteiger partial charge in [-0.15, -0.1) is 0 Å². The number of hydrogen-bond acceptors (Lipinski definition) is 4. The fourth-order valence-corrected chi connectivity index (χ4v) is 3.94. The number of anilines is 1. The molecule has 0 saturated heterocycles. The highest BCUT2D eigenvalue weighted by atomic mass is 32.2. The molecule has 0 bridgehead atoms. The highest BCUT2D eigenvalue weighted by Gasteiger charge is 2.23. The lowest BCUT2D eigenvalue weighted by atomic mass is 9.79. The van der Waals surface area contributed by atoms with Crippen molar-refractivity contribution >= 4 is 15.7 Å². The number of ether oxygens (including phenoxy) is 1. The third-order valence-electron chi connectivity index (χ3n) is 4.67. The summed E-state index contributed by atoms with van der Waals surface area (Å²) in [7, 11) is -3.34. The first-order chi connectivity index (χ1) is 12.0. The highest BCUT2D eigenvalue weighted by molar-refractivity contribution is 7.92. The Kier molecular flexibility index (Phi) is 5.58. The lowest BCUT2D eigenvalue weighted by Crippen LogP contribution is -2.20. The Morgan fingerprint density at radius 1 is 1.12 bits per heavy atom. The molecular formula is C19H24N2O3S. The van der Waals surface area contributed by atoms with E-state index < -0.39 is 10.0 Å². The summed E-state index contributed by atoms with van der Waals surface area (Å²) in [6.45, 7) is 0.589. The van der Waals surface area contributed by atoms with Crippen molar-refractivity contribution in [1.29, 1.82) is 0 Å². The van der Waals surface area contributed by atoms with Crippen LogP contribution >= 0.6 is 0 Å². The number of nitrogens with zero attached hydrogens (tertiary/aromatic N) is 1. The van der Waals surface area contributed by atoms with Crippen LogP contribution in [0.4, 0.5) is 5.69 Å². The second-order valence-electron chi connectivity index (χ2n) is 6.69. The van der Waals surface area contributed by atoms with Gasteiger partial charge in [-0.3, -0.25) is 9.71 Å². The summed E-state index contributed by atoms with van der Waals surface area (Å²) in [6, 6.07) is 12.3. The third-order valence-corrected chi connectivity index (χ3v) is 5.26. The van der Waals surface area contributed by atoms with E-state index in [4.69, 9.17) is 4.74 Å². The van der Waals surface area contributed by atoms with E-state index in [1.165, 1.54) is 18.4 Å². The maximum Gasteiger partial charge on any atom is 0.229 e. The maximum absolute atomic E-state index is 11.4. The molecule has 0 amide bonds. The van der Waals surface area contributed by atoms with E-state index in [2.05, 4.69) is 40.0 Å². The molecule has 1 heterocycles. The van der Waals surface area contributed by atoms with Crippen LogP contribution in [-0.2, 0) is 10.0 Å². The van der Waals surface area contributed by atoms with E-state index in [0.29, 0.717) is 29.9 Å². The molecule has 0 atom stereocenters. The summed E-state index contributed by atoms with van der Waals surface area (Å²) >= 11 is 0. The van der Waals surface area contributed by atoms with Crippen molar-refractivity contribution in [3.05, 3.63) is 54.4 Å². The zero-order valence-electron chi connectivity index (χ0n) is 14.4. The van der Waals surface area contributed by atoms with E-state index in [9.17, 15) is 8.42 Å². The van der Waals surface area contributed by atoms with Gasteiger partial charge in [0.25, 0.3) is 0 Å². The van der Waals surface area contributed by atoms with Gasteiger partial charge < -0.3 is 4.74 Å². The van der Waals surface area contributed by atoms with E-state index in [0.717, 1.165) is 19.1 Å². The van der Waals surface area contributed by atoms with Crippen LogP contribution in [0.15, 0.2) is 48.8 Å². The minimum absolute atomic E-state index is 0.440. The molecule has 1 aromatic carbocycles. The van der Waals surface area contributed by atoms with Crippen molar-refractivity contribution in [2.45, 2.75) is 31.6 Å². The Balaban J connectivity index is 1.54. The van der Waals surface area contributed by atoms with Gasteiger partial charge in [-0.25, -0.2) is 8.42 Å². The number of nitrogens with one attached hydrogen (secondary N) is 1. The van der Waals surface area contributed by atoms with Gasteiger partial charge in [-0.1, -0.05) is 30.3 Å². The maximum atomic E-state index is 11.4. The normalized spacial score (nSPS) is 20.8. The average molecular weight is 360 g/mol. The third kappa shape index (κ3) is 5.19. The molecule has 5 nitrogen and oxygen atoms in total. The number of benzene rings is 1. The quantitative estimate of drug-likeness (QED) is 0.851. The topological polar surface area (TPSA) is 68.3 Å². The molecule has 1 aliphatic rings.